The van der Waals surface area contributed by atoms with Crippen LogP contribution in [0.15, 0.2) is 24.3 Å². The predicted molar refractivity (Wildman–Crippen MR) is 81.3 cm³/mol. The number of aliphatic hydroxyl groups is 1. The summed E-state index contributed by atoms with van der Waals surface area (Å²) in [5.41, 5.74) is 0.0915. The number of aliphatic carboxylic acids is 1. The van der Waals surface area contributed by atoms with E-state index in [0.717, 1.165) is 17.0 Å². The van der Waals surface area contributed by atoms with Gasteiger partial charge in [-0.25, -0.2) is 4.39 Å². The fraction of sp³-hybridized carbons (Fsp3) is 0.438. The summed E-state index contributed by atoms with van der Waals surface area (Å²) in [6.07, 6.45) is -1.60. The van der Waals surface area contributed by atoms with Gasteiger partial charge in [-0.05, 0) is 38.1 Å². The van der Waals surface area contributed by atoms with Crippen LogP contribution in [0.5, 0.6) is 0 Å². The second kappa shape index (κ2) is 7.00. The van der Waals surface area contributed by atoms with Crippen LogP contribution in [0.4, 0.5) is 4.39 Å². The van der Waals surface area contributed by atoms with Gasteiger partial charge in [0.15, 0.2) is 5.78 Å². The van der Waals surface area contributed by atoms with Gasteiger partial charge in [-0.15, -0.1) is 11.8 Å². The van der Waals surface area contributed by atoms with E-state index in [9.17, 15) is 29.0 Å². The Balaban J connectivity index is 0.00000225. The summed E-state index contributed by atoms with van der Waals surface area (Å²) in [7, 11) is 0. The molecule has 0 saturated carbocycles. The van der Waals surface area contributed by atoms with Crippen LogP contribution in [0.2, 0.25) is 0 Å². The third-order valence-corrected chi connectivity index (χ3v) is 6.04. The van der Waals surface area contributed by atoms with Gasteiger partial charge >= 0.3 is 29.6 Å². The summed E-state index contributed by atoms with van der Waals surface area (Å²) in [6, 6.07) is 3.54. The molecule has 6 nitrogen and oxygen atoms in total. The van der Waals surface area contributed by atoms with Crippen LogP contribution in [0.25, 0.3) is 0 Å². The number of ketones is 1. The van der Waals surface area contributed by atoms with Gasteiger partial charge in [-0.1, -0.05) is 0 Å². The first kappa shape index (κ1) is 20.4. The Bertz CT molecular complexity index is 726. The standard InChI is InChI=1S/C16H16FNO5S.Na/c1-16(2)12(15(22)23)18-13(21)9(14(18)24-16)11(20)10(19)7-3-5-8(17)6-4-7;/h3-6,9,11-12,14,20H,1-2H3,(H,22,23);/q;+1/p-1/t9-,11?,12+,14-;/m1./s1. The summed E-state index contributed by atoms with van der Waals surface area (Å²) in [6.45, 7) is 3.35. The third kappa shape index (κ3) is 3.26. The molecule has 2 fully saturated rings. The molecule has 1 aromatic rings. The van der Waals surface area contributed by atoms with Crippen molar-refractivity contribution < 1.29 is 58.5 Å². The third-order valence-electron chi connectivity index (χ3n) is 4.44. The first-order chi connectivity index (χ1) is 11.1. The number of benzene rings is 1. The van der Waals surface area contributed by atoms with Gasteiger partial charge in [0.25, 0.3) is 0 Å². The van der Waals surface area contributed by atoms with Gasteiger partial charge in [0, 0.05) is 10.3 Å². The van der Waals surface area contributed by atoms with Crippen molar-refractivity contribution in [1.29, 1.82) is 0 Å². The predicted octanol–water partition coefficient (Wildman–Crippen LogP) is -3.20. The monoisotopic (exact) mass is 375 g/mol. The molecule has 0 aromatic heterocycles. The van der Waals surface area contributed by atoms with Gasteiger partial charge in [-0.2, -0.15) is 0 Å². The fourth-order valence-corrected chi connectivity index (χ4v) is 4.97. The number of β-lactam (4-membered cyclic amide) rings is 1. The van der Waals surface area contributed by atoms with Crippen LogP contribution >= 0.6 is 11.8 Å². The van der Waals surface area contributed by atoms with Crippen LogP contribution in [0, 0.1) is 11.7 Å². The number of Topliss-reactive ketones (excluding diaryl/α,β-unsaturated/α-hetero) is 1. The molecule has 25 heavy (non-hydrogen) atoms. The van der Waals surface area contributed by atoms with Crippen molar-refractivity contribution in [2.45, 2.75) is 36.1 Å². The van der Waals surface area contributed by atoms with Crippen LogP contribution in [0.3, 0.4) is 0 Å². The number of amides is 1. The number of carboxylic acid groups (broad SMARTS) is 1. The van der Waals surface area contributed by atoms with E-state index in [1.54, 1.807) is 13.8 Å². The van der Waals surface area contributed by atoms with Crippen molar-refractivity contribution in [3.05, 3.63) is 35.6 Å². The molecule has 9 heteroatoms. The van der Waals surface area contributed by atoms with Gasteiger partial charge in [0.2, 0.25) is 5.91 Å². The number of fused-ring (bicyclic) bond motifs is 1. The largest absolute Gasteiger partial charge is 1.00 e. The van der Waals surface area contributed by atoms with Crippen LogP contribution in [-0.4, -0.2) is 49.9 Å². The zero-order valence-electron chi connectivity index (χ0n) is 13.9. The number of nitrogens with zero attached hydrogens (tertiary/aromatic N) is 1. The average molecular weight is 375 g/mol. The molecule has 0 spiro atoms. The Hall–Kier alpha value is -0.930. The van der Waals surface area contributed by atoms with E-state index in [1.165, 1.54) is 23.9 Å². The van der Waals surface area contributed by atoms with Gasteiger partial charge < -0.3 is 19.9 Å². The minimum Gasteiger partial charge on any atom is -0.548 e. The number of halogens is 1. The number of thioether (sulfide) groups is 1. The molecule has 0 bridgehead atoms. The zero-order chi connectivity index (χ0) is 17.8. The summed E-state index contributed by atoms with van der Waals surface area (Å²) in [5.74, 6) is -4.17. The van der Waals surface area contributed by atoms with Gasteiger partial charge in [0.05, 0.1) is 17.4 Å². The second-order valence-electron chi connectivity index (χ2n) is 6.42. The molecule has 1 amide bonds. The topological polar surface area (TPSA) is 97.7 Å². The minimum atomic E-state index is -1.60. The first-order valence-corrected chi connectivity index (χ1v) is 8.22. The molecule has 3 rings (SSSR count). The number of rotatable bonds is 4. The summed E-state index contributed by atoms with van der Waals surface area (Å²) in [4.78, 5) is 37.1. The van der Waals surface area contributed by atoms with Crippen molar-refractivity contribution >= 4 is 29.4 Å². The molecule has 2 aliphatic heterocycles. The van der Waals surface area contributed by atoms with Crippen molar-refractivity contribution in [3.8, 4) is 0 Å². The molecule has 4 atom stereocenters. The van der Waals surface area contributed by atoms with Crippen molar-refractivity contribution in [2.24, 2.45) is 5.92 Å². The number of carbonyl (C=O) groups is 3. The van der Waals surface area contributed by atoms with E-state index in [-0.39, 0.29) is 35.1 Å². The number of carboxylic acids is 1. The number of carbonyl (C=O) groups excluding carboxylic acids is 3. The van der Waals surface area contributed by atoms with E-state index in [2.05, 4.69) is 0 Å². The van der Waals surface area contributed by atoms with E-state index in [4.69, 9.17) is 0 Å². The molecule has 1 N–H and O–H groups in total. The second-order valence-corrected chi connectivity index (χ2v) is 8.19. The van der Waals surface area contributed by atoms with E-state index in [1.807, 2.05) is 0 Å². The molecule has 2 aliphatic rings. The van der Waals surface area contributed by atoms with E-state index in [0.29, 0.717) is 0 Å². The maximum absolute atomic E-state index is 12.9. The molecular formula is C16H15FNNaO5S. The van der Waals surface area contributed by atoms with Crippen molar-refractivity contribution in [1.82, 2.24) is 4.90 Å². The van der Waals surface area contributed by atoms with E-state index < -0.39 is 51.7 Å². The Morgan fingerprint density at radius 3 is 2.40 bits per heavy atom. The molecule has 2 saturated heterocycles. The summed E-state index contributed by atoms with van der Waals surface area (Å²) < 4.78 is 12.1. The molecule has 1 unspecified atom stereocenters. The zero-order valence-corrected chi connectivity index (χ0v) is 16.7. The van der Waals surface area contributed by atoms with Gasteiger partial charge in [-0.3, -0.25) is 9.59 Å². The molecule has 128 valence electrons. The summed E-state index contributed by atoms with van der Waals surface area (Å²) >= 11 is 1.22. The average Bonchev–Trinajstić information content (AvgIpc) is 2.75. The SMILES string of the molecule is CC1(C)S[C@@H]2[C@H](C(O)C(=O)c3ccc(F)cc3)C(=O)N2[C@H]1C(=O)[O-].[Na+]. The molecule has 1 aromatic carbocycles. The normalized spacial score (nSPS) is 27.8. The maximum atomic E-state index is 12.9. The Kier molecular flexibility index (Phi) is 5.71. The Morgan fingerprint density at radius 2 is 1.88 bits per heavy atom. The quantitative estimate of drug-likeness (QED) is 0.338. The minimum absolute atomic E-state index is 0. The van der Waals surface area contributed by atoms with Gasteiger partial charge in [0.1, 0.15) is 17.8 Å². The Morgan fingerprint density at radius 1 is 1.32 bits per heavy atom. The maximum Gasteiger partial charge on any atom is 1.00 e. The fourth-order valence-electron chi connectivity index (χ4n) is 3.26. The van der Waals surface area contributed by atoms with Crippen LogP contribution < -0.4 is 34.7 Å². The molecule has 2 heterocycles. The molecular weight excluding hydrogens is 360 g/mol. The number of hydrogen-bond donors (Lipinski definition) is 1. The number of hydrogen-bond acceptors (Lipinski definition) is 6. The smallest absolute Gasteiger partial charge is 0.548 e. The number of aliphatic hydroxyl groups excluding tert-OH is 1. The summed E-state index contributed by atoms with van der Waals surface area (Å²) in [5, 5.41) is 21.0. The Labute approximate surface area is 170 Å². The molecule has 0 aliphatic carbocycles. The van der Waals surface area contributed by atoms with Crippen molar-refractivity contribution in [3.63, 3.8) is 0 Å². The van der Waals surface area contributed by atoms with Crippen LogP contribution in [-0.2, 0) is 9.59 Å². The first-order valence-electron chi connectivity index (χ1n) is 7.34. The van der Waals surface area contributed by atoms with Crippen molar-refractivity contribution in [2.75, 3.05) is 0 Å². The van der Waals surface area contributed by atoms with Crippen LogP contribution in [0.1, 0.15) is 24.2 Å². The van der Waals surface area contributed by atoms with E-state index >= 15 is 0 Å². The molecule has 0 radical (unpaired) electrons.